The summed E-state index contributed by atoms with van der Waals surface area (Å²) < 4.78 is 18.9. The van der Waals surface area contributed by atoms with Gasteiger partial charge in [-0.2, -0.15) is 5.26 Å². The Balaban J connectivity index is 1.81. The molecule has 1 heterocycles. The summed E-state index contributed by atoms with van der Waals surface area (Å²) >= 11 is 6.10. The lowest BCUT2D eigenvalue weighted by atomic mass is 10.1. The Morgan fingerprint density at radius 1 is 1.33 bits per heavy atom. The van der Waals surface area contributed by atoms with Gasteiger partial charge in [0.1, 0.15) is 17.6 Å². The third kappa shape index (κ3) is 2.79. The molecule has 0 saturated carbocycles. The highest BCUT2D eigenvalue weighted by atomic mass is 35.5. The predicted octanol–water partition coefficient (Wildman–Crippen LogP) is 3.90. The fourth-order valence-corrected chi connectivity index (χ4v) is 2.66. The second kappa shape index (κ2) is 5.63. The molecule has 1 aliphatic rings. The van der Waals surface area contributed by atoms with Gasteiger partial charge in [-0.25, -0.2) is 4.39 Å². The zero-order valence-electron chi connectivity index (χ0n) is 11.1. The van der Waals surface area contributed by atoms with Gasteiger partial charge in [0.05, 0.1) is 12.2 Å². The number of anilines is 1. The molecular formula is C16H12ClFN2O. The van der Waals surface area contributed by atoms with Gasteiger partial charge < -0.3 is 10.1 Å². The van der Waals surface area contributed by atoms with Crippen molar-refractivity contribution in [3.05, 3.63) is 57.9 Å². The van der Waals surface area contributed by atoms with E-state index in [1.54, 1.807) is 6.07 Å². The van der Waals surface area contributed by atoms with Crippen molar-refractivity contribution in [2.24, 2.45) is 0 Å². The van der Waals surface area contributed by atoms with Crippen LogP contribution in [0.5, 0.6) is 5.75 Å². The molecule has 0 amide bonds. The van der Waals surface area contributed by atoms with E-state index in [0.29, 0.717) is 23.9 Å². The maximum absolute atomic E-state index is 13.3. The number of hydrogen-bond donors (Lipinski definition) is 1. The summed E-state index contributed by atoms with van der Waals surface area (Å²) in [5.41, 5.74) is 2.76. The van der Waals surface area contributed by atoms with Crippen molar-refractivity contribution in [3.8, 4) is 11.8 Å². The first kappa shape index (κ1) is 13.7. The first-order valence-electron chi connectivity index (χ1n) is 6.55. The maximum atomic E-state index is 13.3. The highest BCUT2D eigenvalue weighted by molar-refractivity contribution is 6.30. The summed E-state index contributed by atoms with van der Waals surface area (Å²) in [4.78, 5) is 0. The second-order valence-electron chi connectivity index (χ2n) is 4.81. The molecule has 0 aromatic heterocycles. The van der Waals surface area contributed by atoms with Gasteiger partial charge in [-0.05, 0) is 35.9 Å². The van der Waals surface area contributed by atoms with Crippen LogP contribution in [0.3, 0.4) is 0 Å². The molecule has 0 fully saturated rings. The first-order valence-corrected chi connectivity index (χ1v) is 6.93. The molecule has 5 heteroatoms. The van der Waals surface area contributed by atoms with Crippen LogP contribution in [0.25, 0.3) is 0 Å². The lowest BCUT2D eigenvalue weighted by molar-refractivity contribution is 0.354. The Hall–Kier alpha value is -2.25. The molecule has 0 bridgehead atoms. The Kier molecular flexibility index (Phi) is 3.68. The second-order valence-corrected chi connectivity index (χ2v) is 5.25. The molecular weight excluding hydrogens is 291 g/mol. The number of nitrogens with one attached hydrogen (secondary N) is 1. The zero-order valence-corrected chi connectivity index (χ0v) is 11.9. The van der Waals surface area contributed by atoms with Crippen molar-refractivity contribution >= 4 is 17.3 Å². The molecule has 0 atom stereocenters. The minimum absolute atomic E-state index is 0.0209. The number of nitrogens with zero attached hydrogens (tertiary/aromatic N) is 1. The van der Waals surface area contributed by atoms with Crippen LogP contribution in [-0.4, -0.2) is 6.61 Å². The number of benzene rings is 2. The molecule has 2 aromatic carbocycles. The predicted molar refractivity (Wildman–Crippen MR) is 79.1 cm³/mol. The van der Waals surface area contributed by atoms with E-state index < -0.39 is 5.82 Å². The molecule has 0 aliphatic carbocycles. The standard InChI is InChI=1S/C16H12ClFN2O/c17-13-5-10-3-4-21-16(10)12(6-13)9-20-14-1-2-15(18)11(7-14)8-19/h1-2,5-7,20H,3-4,9H2. The molecule has 0 radical (unpaired) electrons. The van der Waals surface area contributed by atoms with E-state index in [1.807, 2.05) is 18.2 Å². The van der Waals surface area contributed by atoms with Crippen LogP contribution in [0.4, 0.5) is 10.1 Å². The highest BCUT2D eigenvalue weighted by Crippen LogP contribution is 2.33. The van der Waals surface area contributed by atoms with Gasteiger partial charge in [0.2, 0.25) is 0 Å². The molecule has 0 saturated heterocycles. The third-order valence-electron chi connectivity index (χ3n) is 3.40. The summed E-state index contributed by atoms with van der Waals surface area (Å²) in [5, 5.41) is 12.7. The summed E-state index contributed by atoms with van der Waals surface area (Å²) in [5.74, 6) is 0.351. The van der Waals surface area contributed by atoms with E-state index in [2.05, 4.69) is 5.32 Å². The average molecular weight is 303 g/mol. The molecule has 2 aromatic rings. The number of fused-ring (bicyclic) bond motifs is 1. The number of halogens is 2. The van der Waals surface area contributed by atoms with Crippen molar-refractivity contribution in [2.75, 3.05) is 11.9 Å². The van der Waals surface area contributed by atoms with Gasteiger partial charge in [0.25, 0.3) is 0 Å². The molecule has 1 N–H and O–H groups in total. The summed E-state index contributed by atoms with van der Waals surface area (Å²) in [6.07, 6.45) is 0.859. The van der Waals surface area contributed by atoms with Gasteiger partial charge >= 0.3 is 0 Å². The minimum atomic E-state index is -0.518. The van der Waals surface area contributed by atoms with E-state index in [1.165, 1.54) is 12.1 Å². The molecule has 106 valence electrons. The third-order valence-corrected chi connectivity index (χ3v) is 3.61. The molecule has 0 unspecified atom stereocenters. The average Bonchev–Trinajstić information content (AvgIpc) is 2.94. The van der Waals surface area contributed by atoms with Crippen LogP contribution < -0.4 is 10.1 Å². The number of nitriles is 1. The number of hydrogen-bond acceptors (Lipinski definition) is 3. The fraction of sp³-hybridized carbons (Fsp3) is 0.188. The number of ether oxygens (including phenoxy) is 1. The Bertz CT molecular complexity index is 740. The van der Waals surface area contributed by atoms with E-state index >= 15 is 0 Å². The van der Waals surface area contributed by atoms with Crippen molar-refractivity contribution in [2.45, 2.75) is 13.0 Å². The molecule has 3 rings (SSSR count). The maximum Gasteiger partial charge on any atom is 0.141 e. The Morgan fingerprint density at radius 3 is 3.00 bits per heavy atom. The lowest BCUT2D eigenvalue weighted by Crippen LogP contribution is -2.02. The van der Waals surface area contributed by atoms with Crippen LogP contribution in [0.2, 0.25) is 5.02 Å². The van der Waals surface area contributed by atoms with Gasteiger partial charge in [-0.3, -0.25) is 0 Å². The van der Waals surface area contributed by atoms with Crippen molar-refractivity contribution in [1.29, 1.82) is 5.26 Å². The van der Waals surface area contributed by atoms with Gasteiger partial charge in [0, 0.05) is 29.2 Å². The first-order chi connectivity index (χ1) is 10.2. The van der Waals surface area contributed by atoms with Crippen LogP contribution in [-0.2, 0) is 13.0 Å². The van der Waals surface area contributed by atoms with E-state index in [9.17, 15) is 4.39 Å². The molecule has 3 nitrogen and oxygen atoms in total. The van der Waals surface area contributed by atoms with Gasteiger partial charge in [0.15, 0.2) is 0 Å². The van der Waals surface area contributed by atoms with E-state index in [-0.39, 0.29) is 5.56 Å². The topological polar surface area (TPSA) is 45.0 Å². The Morgan fingerprint density at radius 2 is 2.19 bits per heavy atom. The summed E-state index contributed by atoms with van der Waals surface area (Å²) in [6, 6.07) is 9.96. The Labute approximate surface area is 126 Å². The SMILES string of the molecule is N#Cc1cc(NCc2cc(Cl)cc3c2OCC3)ccc1F. The summed E-state index contributed by atoms with van der Waals surface area (Å²) in [6.45, 7) is 1.16. The van der Waals surface area contributed by atoms with Gasteiger partial charge in [-0.1, -0.05) is 11.6 Å². The van der Waals surface area contributed by atoms with Gasteiger partial charge in [-0.15, -0.1) is 0 Å². The normalized spacial score (nSPS) is 12.4. The molecule has 0 spiro atoms. The molecule has 21 heavy (non-hydrogen) atoms. The van der Waals surface area contributed by atoms with E-state index in [0.717, 1.165) is 23.3 Å². The lowest BCUT2D eigenvalue weighted by Gasteiger charge is -2.11. The van der Waals surface area contributed by atoms with Crippen LogP contribution >= 0.6 is 11.6 Å². The van der Waals surface area contributed by atoms with Crippen LogP contribution in [0, 0.1) is 17.1 Å². The van der Waals surface area contributed by atoms with Crippen molar-refractivity contribution in [1.82, 2.24) is 0 Å². The molecule has 1 aliphatic heterocycles. The van der Waals surface area contributed by atoms with Crippen molar-refractivity contribution < 1.29 is 9.13 Å². The fourth-order valence-electron chi connectivity index (χ4n) is 2.40. The number of rotatable bonds is 3. The zero-order chi connectivity index (χ0) is 14.8. The van der Waals surface area contributed by atoms with Crippen molar-refractivity contribution in [3.63, 3.8) is 0 Å². The van der Waals surface area contributed by atoms with Crippen LogP contribution in [0.1, 0.15) is 16.7 Å². The summed E-state index contributed by atoms with van der Waals surface area (Å²) in [7, 11) is 0. The minimum Gasteiger partial charge on any atom is -0.493 e. The monoisotopic (exact) mass is 302 g/mol. The largest absolute Gasteiger partial charge is 0.493 e. The highest BCUT2D eigenvalue weighted by Gasteiger charge is 2.17. The quantitative estimate of drug-likeness (QED) is 0.935. The van der Waals surface area contributed by atoms with Crippen LogP contribution in [0.15, 0.2) is 30.3 Å². The van der Waals surface area contributed by atoms with E-state index in [4.69, 9.17) is 21.6 Å². The smallest absolute Gasteiger partial charge is 0.141 e.